The number of benzene rings is 1. The molecule has 0 amide bonds. The quantitative estimate of drug-likeness (QED) is 0.663. The van der Waals surface area contributed by atoms with E-state index >= 15 is 0 Å². The van der Waals surface area contributed by atoms with Crippen molar-refractivity contribution in [3.8, 4) is 6.07 Å². The van der Waals surface area contributed by atoms with E-state index in [4.69, 9.17) is 5.26 Å². The fraction of sp³-hybridized carbons (Fsp3) is 0.500. The van der Waals surface area contributed by atoms with Crippen molar-refractivity contribution >= 4 is 11.4 Å². The Bertz CT molecular complexity index is 522. The predicted molar refractivity (Wildman–Crippen MR) is 72.9 cm³/mol. The van der Waals surface area contributed by atoms with Gasteiger partial charge in [0.1, 0.15) is 6.07 Å². The van der Waals surface area contributed by atoms with E-state index in [1.54, 1.807) is 6.07 Å². The Balaban J connectivity index is 2.21. The number of nitrogens with one attached hydrogen (secondary N) is 1. The molecule has 2 unspecified atom stereocenters. The molecule has 1 aliphatic carbocycles. The van der Waals surface area contributed by atoms with Crippen molar-refractivity contribution in [2.24, 2.45) is 5.92 Å². The average molecular weight is 259 g/mol. The predicted octanol–water partition coefficient (Wildman–Crippen LogP) is 3.46. The van der Waals surface area contributed by atoms with Gasteiger partial charge >= 0.3 is 0 Å². The molecule has 0 aliphatic heterocycles. The van der Waals surface area contributed by atoms with E-state index in [2.05, 4.69) is 12.2 Å². The van der Waals surface area contributed by atoms with Gasteiger partial charge in [-0.15, -0.1) is 0 Å². The normalized spacial score (nSPS) is 21.9. The second-order valence-electron chi connectivity index (χ2n) is 4.95. The summed E-state index contributed by atoms with van der Waals surface area (Å²) in [5.74, 6) is 0.627. The first-order chi connectivity index (χ1) is 9.15. The average Bonchev–Trinajstić information content (AvgIpc) is 2.86. The van der Waals surface area contributed by atoms with Crippen molar-refractivity contribution < 1.29 is 4.92 Å². The van der Waals surface area contributed by atoms with Gasteiger partial charge in [-0.25, -0.2) is 0 Å². The van der Waals surface area contributed by atoms with Crippen LogP contribution in [0, 0.1) is 27.4 Å². The third-order valence-corrected chi connectivity index (χ3v) is 3.86. The molecule has 1 saturated carbocycles. The first-order valence-electron chi connectivity index (χ1n) is 6.60. The maximum atomic E-state index is 10.7. The smallest absolute Gasteiger partial charge is 0.270 e. The Kier molecular flexibility index (Phi) is 4.00. The molecule has 1 N–H and O–H groups in total. The number of non-ortho nitro benzene ring substituents is 1. The molecule has 0 bridgehead atoms. The molecule has 1 fully saturated rings. The van der Waals surface area contributed by atoms with Gasteiger partial charge in [-0.2, -0.15) is 5.26 Å². The number of anilines is 1. The van der Waals surface area contributed by atoms with Crippen LogP contribution in [-0.2, 0) is 0 Å². The van der Waals surface area contributed by atoms with Crippen LogP contribution in [0.1, 0.15) is 38.2 Å². The van der Waals surface area contributed by atoms with E-state index in [1.165, 1.54) is 25.0 Å². The van der Waals surface area contributed by atoms with Crippen molar-refractivity contribution in [3.63, 3.8) is 0 Å². The van der Waals surface area contributed by atoms with Crippen molar-refractivity contribution in [2.45, 2.75) is 38.6 Å². The van der Waals surface area contributed by atoms with Crippen LogP contribution in [-0.4, -0.2) is 11.0 Å². The summed E-state index contributed by atoms with van der Waals surface area (Å²) in [7, 11) is 0. The van der Waals surface area contributed by atoms with Gasteiger partial charge in [-0.05, 0) is 24.8 Å². The lowest BCUT2D eigenvalue weighted by Gasteiger charge is -2.21. The highest BCUT2D eigenvalue weighted by molar-refractivity contribution is 5.61. The Morgan fingerprint density at radius 1 is 1.53 bits per heavy atom. The highest BCUT2D eigenvalue weighted by Crippen LogP contribution is 2.32. The minimum atomic E-state index is -0.477. The van der Waals surface area contributed by atoms with E-state index in [-0.39, 0.29) is 5.69 Å². The maximum absolute atomic E-state index is 10.7. The fourth-order valence-electron chi connectivity index (χ4n) is 2.78. The molecule has 19 heavy (non-hydrogen) atoms. The molecule has 100 valence electrons. The molecule has 0 saturated heterocycles. The van der Waals surface area contributed by atoms with Crippen LogP contribution in [0.2, 0.25) is 0 Å². The fourth-order valence-corrected chi connectivity index (χ4v) is 2.78. The first kappa shape index (κ1) is 13.3. The monoisotopic (exact) mass is 259 g/mol. The van der Waals surface area contributed by atoms with Crippen LogP contribution in [0.15, 0.2) is 18.2 Å². The van der Waals surface area contributed by atoms with Crippen LogP contribution in [0.5, 0.6) is 0 Å². The number of nitrogens with zero attached hydrogens (tertiary/aromatic N) is 2. The number of hydrogen-bond acceptors (Lipinski definition) is 4. The largest absolute Gasteiger partial charge is 0.381 e. The molecule has 5 nitrogen and oxygen atoms in total. The van der Waals surface area contributed by atoms with Gasteiger partial charge in [0.25, 0.3) is 5.69 Å². The summed E-state index contributed by atoms with van der Waals surface area (Å²) in [6.07, 6.45) is 4.63. The van der Waals surface area contributed by atoms with Gasteiger partial charge in [0, 0.05) is 18.2 Å². The lowest BCUT2D eigenvalue weighted by Crippen LogP contribution is -2.23. The molecular weight excluding hydrogens is 242 g/mol. The summed E-state index contributed by atoms with van der Waals surface area (Å²) in [5, 5.41) is 23.2. The highest BCUT2D eigenvalue weighted by Gasteiger charge is 2.26. The van der Waals surface area contributed by atoms with E-state index in [9.17, 15) is 10.1 Å². The molecule has 1 aromatic rings. The molecule has 2 atom stereocenters. The molecule has 0 spiro atoms. The first-order valence-corrected chi connectivity index (χ1v) is 6.60. The number of nitro benzene ring substituents is 1. The van der Waals surface area contributed by atoms with Gasteiger partial charge in [0.05, 0.1) is 16.2 Å². The number of nitriles is 1. The summed E-state index contributed by atoms with van der Waals surface area (Å²) in [4.78, 5) is 10.2. The standard InChI is InChI=1S/C14H17N3O2/c1-2-10-4-3-5-13(10)16-14-7-6-12(17(18)19)8-11(14)9-15/h6-8,10,13,16H,2-5H2,1H3. The van der Waals surface area contributed by atoms with Gasteiger partial charge in [-0.3, -0.25) is 10.1 Å². The van der Waals surface area contributed by atoms with Gasteiger partial charge in [0.15, 0.2) is 0 Å². The third-order valence-electron chi connectivity index (χ3n) is 3.86. The Morgan fingerprint density at radius 3 is 2.95 bits per heavy atom. The van der Waals surface area contributed by atoms with Crippen LogP contribution < -0.4 is 5.32 Å². The van der Waals surface area contributed by atoms with Gasteiger partial charge in [0.2, 0.25) is 0 Å². The highest BCUT2D eigenvalue weighted by atomic mass is 16.6. The van der Waals surface area contributed by atoms with E-state index < -0.39 is 4.92 Å². The lowest BCUT2D eigenvalue weighted by atomic mass is 10.00. The van der Waals surface area contributed by atoms with E-state index in [0.29, 0.717) is 23.2 Å². The van der Waals surface area contributed by atoms with Gasteiger partial charge < -0.3 is 5.32 Å². The maximum Gasteiger partial charge on any atom is 0.270 e. The Labute approximate surface area is 112 Å². The molecule has 5 heteroatoms. The molecule has 1 aromatic carbocycles. The van der Waals surface area contributed by atoms with Gasteiger partial charge in [-0.1, -0.05) is 19.8 Å². The second-order valence-corrected chi connectivity index (χ2v) is 4.95. The SMILES string of the molecule is CCC1CCCC1Nc1ccc([N+](=O)[O-])cc1C#N. The van der Waals surface area contributed by atoms with Crippen LogP contribution >= 0.6 is 0 Å². The molecule has 0 aromatic heterocycles. The van der Waals surface area contributed by atoms with Crippen LogP contribution in [0.4, 0.5) is 11.4 Å². The Hall–Kier alpha value is -2.09. The minimum absolute atomic E-state index is 0.0411. The lowest BCUT2D eigenvalue weighted by molar-refractivity contribution is -0.384. The summed E-state index contributed by atoms with van der Waals surface area (Å²) in [6.45, 7) is 2.17. The number of hydrogen-bond donors (Lipinski definition) is 1. The summed E-state index contributed by atoms with van der Waals surface area (Å²) >= 11 is 0. The molecular formula is C14H17N3O2. The summed E-state index contributed by atoms with van der Waals surface area (Å²) in [6, 6.07) is 6.82. The topological polar surface area (TPSA) is 79.0 Å². The van der Waals surface area contributed by atoms with E-state index in [1.807, 2.05) is 6.07 Å². The minimum Gasteiger partial charge on any atom is -0.381 e. The third kappa shape index (κ3) is 2.84. The van der Waals surface area contributed by atoms with Crippen molar-refractivity contribution in [1.82, 2.24) is 0 Å². The van der Waals surface area contributed by atoms with Crippen LogP contribution in [0.3, 0.4) is 0 Å². The van der Waals surface area contributed by atoms with E-state index in [0.717, 1.165) is 12.8 Å². The Morgan fingerprint density at radius 2 is 2.32 bits per heavy atom. The summed E-state index contributed by atoms with van der Waals surface area (Å²) < 4.78 is 0. The molecule has 0 radical (unpaired) electrons. The second kappa shape index (κ2) is 5.70. The number of nitro groups is 1. The zero-order valence-corrected chi connectivity index (χ0v) is 10.9. The zero-order chi connectivity index (χ0) is 13.8. The number of rotatable bonds is 4. The van der Waals surface area contributed by atoms with Crippen LogP contribution in [0.25, 0.3) is 0 Å². The van der Waals surface area contributed by atoms with Crippen molar-refractivity contribution in [1.29, 1.82) is 5.26 Å². The molecule has 0 heterocycles. The van der Waals surface area contributed by atoms with Crippen molar-refractivity contribution in [3.05, 3.63) is 33.9 Å². The zero-order valence-electron chi connectivity index (χ0n) is 10.9. The molecule has 2 rings (SSSR count). The summed E-state index contributed by atoms with van der Waals surface area (Å²) in [5.41, 5.74) is 1.01. The molecule has 1 aliphatic rings. The van der Waals surface area contributed by atoms with Crippen molar-refractivity contribution in [2.75, 3.05) is 5.32 Å².